The number of ether oxygens (including phenoxy) is 2. The van der Waals surface area contributed by atoms with Gasteiger partial charge in [-0.1, -0.05) is 0 Å². The Bertz CT molecular complexity index is 414. The Hall–Kier alpha value is -1.71. The van der Waals surface area contributed by atoms with Gasteiger partial charge >= 0.3 is 17.9 Å². The smallest absolute Gasteiger partial charge is 0.313 e. The van der Waals surface area contributed by atoms with E-state index in [0.29, 0.717) is 13.8 Å². The topological polar surface area (TPSA) is 89.9 Å². The van der Waals surface area contributed by atoms with Gasteiger partial charge in [0, 0.05) is 13.8 Å². The van der Waals surface area contributed by atoms with E-state index in [-0.39, 0.29) is 13.2 Å². The first-order valence-corrected chi connectivity index (χ1v) is 7.03. The minimum atomic E-state index is -3.45. The average Bonchev–Trinajstić information content (AvgIpc) is 2.37. The molecule has 0 heterocycles. The number of carbonyl (C=O) groups is 3. The number of aliphatic hydroxyl groups excluding tert-OH is 1. The van der Waals surface area contributed by atoms with E-state index in [0.717, 1.165) is 0 Å². The third kappa shape index (κ3) is 12.8. The Kier molecular flexibility index (Phi) is 11.2. The molecule has 10 heteroatoms. The summed E-state index contributed by atoms with van der Waals surface area (Å²) in [7, 11) is 0. The maximum absolute atomic E-state index is 12.3. The number of Topliss-reactive ketones (excluding diaryl/α,β-unsaturated/α-hetero) is 1. The molecule has 24 heavy (non-hydrogen) atoms. The van der Waals surface area contributed by atoms with Crippen LogP contribution in [0, 0.1) is 0 Å². The zero-order valence-electron chi connectivity index (χ0n) is 13.9. The number of rotatable bonds is 8. The van der Waals surface area contributed by atoms with Crippen LogP contribution < -0.4 is 0 Å². The van der Waals surface area contributed by atoms with Crippen LogP contribution >= 0.6 is 0 Å². The van der Waals surface area contributed by atoms with E-state index in [1.807, 2.05) is 0 Å². The molecule has 0 aromatic carbocycles. The van der Waals surface area contributed by atoms with Gasteiger partial charge < -0.3 is 14.6 Å². The Labute approximate surface area is 137 Å². The predicted molar refractivity (Wildman–Crippen MR) is 74.8 cm³/mol. The zero-order chi connectivity index (χ0) is 19.6. The minimum Gasteiger partial charge on any atom is -0.466 e. The van der Waals surface area contributed by atoms with Crippen molar-refractivity contribution in [2.24, 2.45) is 0 Å². The molecule has 0 amide bonds. The first kappa shape index (κ1) is 24.5. The predicted octanol–water partition coefficient (Wildman–Crippen LogP) is 2.12. The van der Waals surface area contributed by atoms with Gasteiger partial charge in [0.25, 0.3) is 5.92 Å². The van der Waals surface area contributed by atoms with Crippen molar-refractivity contribution < 1.29 is 46.5 Å². The molecule has 0 spiro atoms. The first-order valence-electron chi connectivity index (χ1n) is 7.03. The summed E-state index contributed by atoms with van der Waals surface area (Å²) < 4.78 is 57.5. The third-order valence-electron chi connectivity index (χ3n) is 2.35. The molecule has 1 unspecified atom stereocenters. The number of esters is 2. The van der Waals surface area contributed by atoms with Gasteiger partial charge in [-0.05, 0) is 13.8 Å². The van der Waals surface area contributed by atoms with Crippen molar-refractivity contribution in [2.45, 2.75) is 58.5 Å². The lowest BCUT2D eigenvalue weighted by atomic mass is 10.1. The lowest BCUT2D eigenvalue weighted by molar-refractivity contribution is -0.154. The van der Waals surface area contributed by atoms with Crippen LogP contribution in [0.25, 0.3) is 0 Å². The Morgan fingerprint density at radius 1 is 0.958 bits per heavy atom. The normalized spacial score (nSPS) is 12.5. The number of hydrogen-bond acceptors (Lipinski definition) is 6. The number of aliphatic hydroxyl groups is 1. The molecule has 0 aliphatic carbocycles. The number of halogens is 4. The van der Waals surface area contributed by atoms with E-state index in [4.69, 9.17) is 5.11 Å². The van der Waals surface area contributed by atoms with E-state index in [2.05, 4.69) is 9.47 Å². The maximum atomic E-state index is 12.3. The number of hydrogen-bond donors (Lipinski definition) is 1. The fraction of sp³-hybridized carbons (Fsp3) is 0.786. The molecule has 1 atom stereocenters. The second kappa shape index (κ2) is 11.0. The van der Waals surface area contributed by atoms with E-state index < -0.39 is 48.5 Å². The van der Waals surface area contributed by atoms with Crippen LogP contribution in [0.5, 0.6) is 0 Å². The van der Waals surface area contributed by atoms with Crippen molar-refractivity contribution in [2.75, 3.05) is 13.2 Å². The standard InChI is InChI=1S/C7H12F2O3.C7H10F2O3/c2*1-3-12-6(11)4-5(10)7(2,8)9/h5,10H,3-4H2,1-2H3;3-4H2,1-2H3. The molecule has 6 nitrogen and oxygen atoms in total. The van der Waals surface area contributed by atoms with Gasteiger partial charge in [0.2, 0.25) is 5.78 Å². The van der Waals surface area contributed by atoms with E-state index in [1.165, 1.54) is 6.92 Å². The van der Waals surface area contributed by atoms with Crippen molar-refractivity contribution in [1.29, 1.82) is 0 Å². The monoisotopic (exact) mass is 362 g/mol. The highest BCUT2D eigenvalue weighted by atomic mass is 19.3. The molecular formula is C14H22F4O6. The van der Waals surface area contributed by atoms with Gasteiger partial charge in [0.15, 0.2) is 0 Å². The van der Waals surface area contributed by atoms with Gasteiger partial charge in [-0.15, -0.1) is 0 Å². The molecule has 0 saturated heterocycles. The Balaban J connectivity index is 0. The SMILES string of the molecule is CCOC(=O)CC(=O)C(C)(F)F.CCOC(=O)CC(O)C(C)(F)F. The van der Waals surface area contributed by atoms with Gasteiger partial charge in [0.05, 0.1) is 19.6 Å². The van der Waals surface area contributed by atoms with E-state index in [1.54, 1.807) is 6.92 Å². The van der Waals surface area contributed by atoms with Crippen LogP contribution in [0.3, 0.4) is 0 Å². The van der Waals surface area contributed by atoms with Gasteiger partial charge in [-0.2, -0.15) is 8.78 Å². The van der Waals surface area contributed by atoms with Crippen LogP contribution in [0.4, 0.5) is 17.6 Å². The molecule has 0 saturated carbocycles. The summed E-state index contributed by atoms with van der Waals surface area (Å²) in [6, 6.07) is 0. The molecule has 0 rings (SSSR count). The molecule has 0 aromatic heterocycles. The van der Waals surface area contributed by atoms with Crippen molar-refractivity contribution in [1.82, 2.24) is 0 Å². The Morgan fingerprint density at radius 2 is 1.38 bits per heavy atom. The number of carbonyl (C=O) groups excluding carboxylic acids is 3. The van der Waals surface area contributed by atoms with Crippen LogP contribution in [-0.2, 0) is 23.9 Å². The second-order valence-electron chi connectivity index (χ2n) is 4.77. The molecule has 0 fully saturated rings. The highest BCUT2D eigenvalue weighted by Crippen LogP contribution is 2.19. The summed E-state index contributed by atoms with van der Waals surface area (Å²) in [5.41, 5.74) is 0. The van der Waals surface area contributed by atoms with E-state index in [9.17, 15) is 31.9 Å². The highest BCUT2D eigenvalue weighted by Gasteiger charge is 2.34. The minimum absolute atomic E-state index is 0.0847. The molecular weight excluding hydrogens is 340 g/mol. The quantitative estimate of drug-likeness (QED) is 0.404. The zero-order valence-corrected chi connectivity index (χ0v) is 13.9. The summed E-state index contributed by atoms with van der Waals surface area (Å²) in [5.74, 6) is -9.85. The van der Waals surface area contributed by atoms with Crippen molar-refractivity contribution >= 4 is 17.7 Å². The molecule has 0 aliphatic rings. The largest absolute Gasteiger partial charge is 0.466 e. The summed E-state index contributed by atoms with van der Waals surface area (Å²) in [6.07, 6.45) is -3.49. The fourth-order valence-electron chi connectivity index (χ4n) is 1.06. The Morgan fingerprint density at radius 3 is 1.71 bits per heavy atom. The second-order valence-corrected chi connectivity index (χ2v) is 4.77. The number of ketones is 1. The molecule has 0 bridgehead atoms. The summed E-state index contributed by atoms with van der Waals surface area (Å²) in [6.45, 7) is 4.31. The molecule has 1 N–H and O–H groups in total. The van der Waals surface area contributed by atoms with Crippen LogP contribution in [0.1, 0.15) is 40.5 Å². The lowest BCUT2D eigenvalue weighted by Crippen LogP contribution is -2.32. The average molecular weight is 362 g/mol. The molecule has 0 radical (unpaired) electrons. The van der Waals surface area contributed by atoms with Gasteiger partial charge in [-0.3, -0.25) is 14.4 Å². The third-order valence-corrected chi connectivity index (χ3v) is 2.35. The van der Waals surface area contributed by atoms with Crippen LogP contribution in [-0.4, -0.2) is 54.0 Å². The summed E-state index contributed by atoms with van der Waals surface area (Å²) in [4.78, 5) is 31.6. The summed E-state index contributed by atoms with van der Waals surface area (Å²) in [5, 5.41) is 8.73. The maximum Gasteiger partial charge on any atom is 0.313 e. The van der Waals surface area contributed by atoms with E-state index >= 15 is 0 Å². The molecule has 0 aromatic rings. The summed E-state index contributed by atoms with van der Waals surface area (Å²) >= 11 is 0. The van der Waals surface area contributed by atoms with Gasteiger partial charge in [-0.25, -0.2) is 8.78 Å². The van der Waals surface area contributed by atoms with Crippen molar-refractivity contribution in [3.05, 3.63) is 0 Å². The lowest BCUT2D eigenvalue weighted by Gasteiger charge is -2.16. The van der Waals surface area contributed by atoms with Crippen LogP contribution in [0.15, 0.2) is 0 Å². The van der Waals surface area contributed by atoms with Gasteiger partial charge in [0.1, 0.15) is 12.5 Å². The fourth-order valence-corrected chi connectivity index (χ4v) is 1.06. The highest BCUT2D eigenvalue weighted by molar-refractivity contribution is 5.99. The van der Waals surface area contributed by atoms with Crippen LogP contribution in [0.2, 0.25) is 0 Å². The number of alkyl halides is 4. The first-order chi connectivity index (χ1) is 10.8. The van der Waals surface area contributed by atoms with Crippen molar-refractivity contribution in [3.8, 4) is 0 Å². The molecule has 0 aliphatic heterocycles. The molecule has 142 valence electrons. The van der Waals surface area contributed by atoms with Crippen molar-refractivity contribution in [3.63, 3.8) is 0 Å².